The number of hydrogen-bond acceptors (Lipinski definition) is 9. The number of carbonyl (C=O) groups excluding carboxylic acids is 3. The average molecular weight is 613 g/mol. The summed E-state index contributed by atoms with van der Waals surface area (Å²) in [5, 5.41) is 2.58. The topological polar surface area (TPSA) is 112 Å². The van der Waals surface area contributed by atoms with Crippen molar-refractivity contribution in [3.63, 3.8) is 0 Å². The molecule has 1 aromatic carbocycles. The molecule has 3 atom stereocenters. The van der Waals surface area contributed by atoms with Crippen molar-refractivity contribution in [2.45, 2.75) is 32.1 Å². The third kappa shape index (κ3) is 5.37. The Morgan fingerprint density at radius 1 is 1.10 bits per heavy atom. The van der Waals surface area contributed by atoms with Crippen LogP contribution in [0.15, 0.2) is 82.9 Å². The Morgan fingerprint density at radius 2 is 1.83 bits per heavy atom. The van der Waals surface area contributed by atoms with Gasteiger partial charge in [-0.05, 0) is 61.5 Å². The highest BCUT2D eigenvalue weighted by Gasteiger charge is 2.51. The second-order valence-corrected chi connectivity index (χ2v) is 11.3. The van der Waals surface area contributed by atoms with Crippen LogP contribution >= 0.6 is 34.5 Å². The number of anilines is 1. The Labute approximate surface area is 251 Å². The fraction of sp³-hybridized carbons (Fsp3) is 0.267. The standard InChI is InChI=1S/C30H27Cl2N3O5S/c1-3-39-29(37)24-20(22-8-6-10-41-22)14-21-25(27(24)36)23(16-7-5-9-34-15-16)26(30(38)40-4-2)28(33)35(21)19-12-17(31)11-18(32)13-19/h5-13,15,20,23-24H,3-4,14,33H2,1-2H3/t20-,23-,24-/m0/s1. The van der Waals surface area contributed by atoms with Gasteiger partial charge in [0.05, 0.1) is 30.4 Å². The van der Waals surface area contributed by atoms with Gasteiger partial charge in [0.2, 0.25) is 0 Å². The van der Waals surface area contributed by atoms with Crippen molar-refractivity contribution in [3.8, 4) is 0 Å². The fourth-order valence-corrected chi connectivity index (χ4v) is 6.93. The minimum atomic E-state index is -1.13. The third-order valence-electron chi connectivity index (χ3n) is 7.11. The Hall–Kier alpha value is -3.66. The maximum Gasteiger partial charge on any atom is 0.338 e. The zero-order chi connectivity index (χ0) is 29.3. The van der Waals surface area contributed by atoms with E-state index in [-0.39, 0.29) is 36.6 Å². The number of rotatable bonds is 7. The minimum Gasteiger partial charge on any atom is -0.465 e. The first-order chi connectivity index (χ1) is 19.8. The predicted octanol–water partition coefficient (Wildman–Crippen LogP) is 5.98. The molecule has 0 radical (unpaired) electrons. The number of carbonyl (C=O) groups is 3. The molecule has 11 heteroatoms. The number of nitrogens with two attached hydrogens (primary N) is 1. The number of allylic oxidation sites excluding steroid dienone is 2. The highest BCUT2D eigenvalue weighted by Crippen LogP contribution is 2.52. The molecule has 0 bridgehead atoms. The number of thiophene rings is 1. The van der Waals surface area contributed by atoms with E-state index in [4.69, 9.17) is 38.4 Å². The quantitative estimate of drug-likeness (QED) is 0.256. The molecular weight excluding hydrogens is 585 g/mol. The molecule has 8 nitrogen and oxygen atoms in total. The summed E-state index contributed by atoms with van der Waals surface area (Å²) in [7, 11) is 0. The molecule has 3 heterocycles. The summed E-state index contributed by atoms with van der Waals surface area (Å²) in [5.41, 5.74) is 8.69. The molecule has 1 aliphatic heterocycles. The molecule has 41 heavy (non-hydrogen) atoms. The summed E-state index contributed by atoms with van der Waals surface area (Å²) in [6, 6.07) is 12.1. The van der Waals surface area contributed by atoms with Crippen LogP contribution in [0.3, 0.4) is 0 Å². The number of hydrogen-bond donors (Lipinski definition) is 1. The summed E-state index contributed by atoms with van der Waals surface area (Å²) in [4.78, 5) is 48.3. The zero-order valence-corrected chi connectivity index (χ0v) is 24.6. The molecule has 0 fully saturated rings. The lowest BCUT2D eigenvalue weighted by Crippen LogP contribution is -2.46. The SMILES string of the molecule is CCOC(=O)C1=C(N)N(c2cc(Cl)cc(Cl)c2)C2=C(C(=O)[C@@H](C(=O)OCC)[C@H](c3cccs3)C2)[C@@H]1c1cccnc1. The molecular formula is C30H27Cl2N3O5S. The smallest absolute Gasteiger partial charge is 0.338 e. The number of aromatic nitrogens is 1. The van der Waals surface area contributed by atoms with Gasteiger partial charge >= 0.3 is 11.9 Å². The molecule has 5 rings (SSSR count). The number of ether oxygens (including phenoxy) is 2. The average Bonchev–Trinajstić information content (AvgIpc) is 3.47. The number of benzene rings is 1. The number of ketones is 1. The number of nitrogens with zero attached hydrogens (tertiary/aromatic N) is 2. The van der Waals surface area contributed by atoms with Crippen LogP contribution in [0.5, 0.6) is 0 Å². The van der Waals surface area contributed by atoms with Crippen molar-refractivity contribution in [1.82, 2.24) is 4.98 Å². The number of esters is 2. The van der Waals surface area contributed by atoms with Crippen LogP contribution in [0.2, 0.25) is 10.0 Å². The molecule has 2 N–H and O–H groups in total. The molecule has 0 unspecified atom stereocenters. The summed E-state index contributed by atoms with van der Waals surface area (Å²) in [5.74, 6) is -4.28. The lowest BCUT2D eigenvalue weighted by Gasteiger charge is -2.43. The van der Waals surface area contributed by atoms with Crippen molar-refractivity contribution >= 4 is 57.9 Å². The maximum absolute atomic E-state index is 14.6. The van der Waals surface area contributed by atoms with Gasteiger partial charge in [0.25, 0.3) is 0 Å². The Kier molecular flexibility index (Phi) is 8.49. The number of halogens is 2. The van der Waals surface area contributed by atoms with Crippen molar-refractivity contribution < 1.29 is 23.9 Å². The van der Waals surface area contributed by atoms with Crippen LogP contribution in [0.25, 0.3) is 0 Å². The van der Waals surface area contributed by atoms with Crippen LogP contribution in [0.4, 0.5) is 5.69 Å². The van der Waals surface area contributed by atoms with E-state index in [2.05, 4.69) is 4.98 Å². The van der Waals surface area contributed by atoms with E-state index in [9.17, 15) is 14.4 Å². The van der Waals surface area contributed by atoms with E-state index in [1.165, 1.54) is 11.3 Å². The summed E-state index contributed by atoms with van der Waals surface area (Å²) >= 11 is 14.2. The first-order valence-electron chi connectivity index (χ1n) is 13.1. The van der Waals surface area contributed by atoms with Crippen LogP contribution < -0.4 is 10.6 Å². The van der Waals surface area contributed by atoms with Gasteiger partial charge in [-0.15, -0.1) is 11.3 Å². The molecule has 0 amide bonds. The van der Waals surface area contributed by atoms with Gasteiger partial charge < -0.3 is 15.2 Å². The van der Waals surface area contributed by atoms with Crippen LogP contribution in [-0.4, -0.2) is 35.9 Å². The summed E-state index contributed by atoms with van der Waals surface area (Å²) in [6.45, 7) is 3.59. The van der Waals surface area contributed by atoms with Gasteiger partial charge in [-0.25, -0.2) is 4.79 Å². The fourth-order valence-electron chi connectivity index (χ4n) is 5.55. The van der Waals surface area contributed by atoms with Crippen molar-refractivity contribution in [2.24, 2.45) is 11.7 Å². The van der Waals surface area contributed by atoms with Gasteiger partial charge in [0, 0.05) is 44.5 Å². The van der Waals surface area contributed by atoms with Crippen LogP contribution in [-0.2, 0) is 23.9 Å². The maximum atomic E-state index is 14.6. The van der Waals surface area contributed by atoms with Gasteiger partial charge in [-0.3, -0.25) is 19.5 Å². The monoisotopic (exact) mass is 611 g/mol. The van der Waals surface area contributed by atoms with Crippen LogP contribution in [0, 0.1) is 5.92 Å². The molecule has 0 saturated carbocycles. The van der Waals surface area contributed by atoms with E-state index < -0.39 is 35.5 Å². The molecule has 2 aromatic heterocycles. The van der Waals surface area contributed by atoms with Gasteiger partial charge in [0.15, 0.2) is 5.78 Å². The van der Waals surface area contributed by atoms with E-state index in [1.54, 1.807) is 61.5 Å². The van der Waals surface area contributed by atoms with Gasteiger partial charge in [-0.1, -0.05) is 35.3 Å². The van der Waals surface area contributed by atoms with E-state index in [0.717, 1.165) is 4.88 Å². The normalized spacial score (nSPS) is 20.6. The van der Waals surface area contributed by atoms with Gasteiger partial charge in [0.1, 0.15) is 11.7 Å². The summed E-state index contributed by atoms with van der Waals surface area (Å²) < 4.78 is 10.9. The van der Waals surface area contributed by atoms with Gasteiger partial charge in [-0.2, -0.15) is 0 Å². The van der Waals surface area contributed by atoms with E-state index >= 15 is 0 Å². The second kappa shape index (κ2) is 12.1. The molecule has 1 aliphatic carbocycles. The first kappa shape index (κ1) is 28.9. The van der Waals surface area contributed by atoms with Crippen molar-refractivity contribution in [2.75, 3.05) is 18.1 Å². The van der Waals surface area contributed by atoms with E-state index in [0.29, 0.717) is 27.0 Å². The van der Waals surface area contributed by atoms with Crippen LogP contribution in [0.1, 0.15) is 42.5 Å². The highest BCUT2D eigenvalue weighted by atomic mass is 35.5. The Bertz CT molecular complexity index is 1540. The Balaban J connectivity index is 1.83. The molecule has 2 aliphatic rings. The number of Topliss-reactive ketones (excluding diaryl/α,β-unsaturated/α-hetero) is 1. The molecule has 3 aromatic rings. The minimum absolute atomic E-state index is 0.0558. The first-order valence-corrected chi connectivity index (χ1v) is 14.7. The summed E-state index contributed by atoms with van der Waals surface area (Å²) in [6.07, 6.45) is 3.42. The Morgan fingerprint density at radius 3 is 2.44 bits per heavy atom. The predicted molar refractivity (Wildman–Crippen MR) is 158 cm³/mol. The molecule has 0 spiro atoms. The largest absolute Gasteiger partial charge is 0.465 e. The molecule has 0 saturated heterocycles. The van der Waals surface area contributed by atoms with Crippen molar-refractivity contribution in [1.29, 1.82) is 0 Å². The lowest BCUT2D eigenvalue weighted by atomic mass is 9.68. The second-order valence-electron chi connectivity index (χ2n) is 9.48. The van der Waals surface area contributed by atoms with Crippen molar-refractivity contribution in [3.05, 3.63) is 103 Å². The molecule has 212 valence electrons. The highest BCUT2D eigenvalue weighted by molar-refractivity contribution is 7.10. The number of pyridine rings is 1. The van der Waals surface area contributed by atoms with E-state index in [1.807, 2.05) is 17.5 Å². The zero-order valence-electron chi connectivity index (χ0n) is 22.3. The third-order valence-corrected chi connectivity index (χ3v) is 8.55. The lowest BCUT2D eigenvalue weighted by molar-refractivity contribution is -0.152.